The van der Waals surface area contributed by atoms with Gasteiger partial charge >= 0.3 is 5.97 Å². The largest absolute Gasteiger partial charge is 0.477 e. The van der Waals surface area contributed by atoms with E-state index < -0.39 is 16.0 Å². The monoisotopic (exact) mass is 353 g/mol. The summed E-state index contributed by atoms with van der Waals surface area (Å²) in [6.45, 7) is 5.68. The second kappa shape index (κ2) is 5.96. The number of halogens is 1. The highest BCUT2D eigenvalue weighted by Gasteiger charge is 2.27. The highest BCUT2D eigenvalue weighted by molar-refractivity contribution is 9.11. The molecule has 8 heteroatoms. The maximum Gasteiger partial charge on any atom is 0.345 e. The number of rotatable bonds is 6. The second-order valence-corrected chi connectivity index (χ2v) is 7.57. The first-order valence-electron chi connectivity index (χ1n) is 4.98. The van der Waals surface area contributed by atoms with Gasteiger partial charge in [0.15, 0.2) is 0 Å². The van der Waals surface area contributed by atoms with Gasteiger partial charge < -0.3 is 5.11 Å². The van der Waals surface area contributed by atoms with Gasteiger partial charge in [0, 0.05) is 13.1 Å². The van der Waals surface area contributed by atoms with Gasteiger partial charge in [-0.05, 0) is 22.0 Å². The van der Waals surface area contributed by atoms with Crippen molar-refractivity contribution in [3.63, 3.8) is 0 Å². The first kappa shape index (κ1) is 15.4. The summed E-state index contributed by atoms with van der Waals surface area (Å²) in [4.78, 5) is 10.8. The topological polar surface area (TPSA) is 74.7 Å². The van der Waals surface area contributed by atoms with E-state index in [0.29, 0.717) is 10.3 Å². The molecular formula is C10H12BrNO4S2. The van der Waals surface area contributed by atoms with Gasteiger partial charge in [0.2, 0.25) is 10.0 Å². The molecule has 0 saturated carbocycles. The van der Waals surface area contributed by atoms with E-state index in [1.807, 2.05) is 0 Å². The van der Waals surface area contributed by atoms with Crippen LogP contribution in [0.4, 0.5) is 0 Å². The van der Waals surface area contributed by atoms with Crippen molar-refractivity contribution in [3.05, 3.63) is 27.4 Å². The molecular weight excluding hydrogens is 342 g/mol. The van der Waals surface area contributed by atoms with Gasteiger partial charge in [0.1, 0.15) is 9.77 Å². The van der Waals surface area contributed by atoms with Crippen molar-refractivity contribution in [3.8, 4) is 0 Å². The summed E-state index contributed by atoms with van der Waals surface area (Å²) in [5.74, 6) is -1.14. The molecule has 0 spiro atoms. The van der Waals surface area contributed by atoms with Crippen LogP contribution in [0.3, 0.4) is 0 Å². The quantitative estimate of drug-likeness (QED) is 0.796. The fourth-order valence-electron chi connectivity index (χ4n) is 1.31. The first-order valence-corrected chi connectivity index (χ1v) is 8.03. The summed E-state index contributed by atoms with van der Waals surface area (Å²) in [5.41, 5.74) is 0. The van der Waals surface area contributed by atoms with Crippen LogP contribution < -0.4 is 0 Å². The van der Waals surface area contributed by atoms with E-state index in [1.54, 1.807) is 6.92 Å². The number of nitrogens with zero attached hydrogens (tertiary/aromatic N) is 1. The minimum absolute atomic E-state index is 0.0184. The summed E-state index contributed by atoms with van der Waals surface area (Å²) in [7, 11) is -3.69. The number of carbonyl (C=O) groups is 1. The molecule has 0 aliphatic heterocycles. The van der Waals surface area contributed by atoms with Crippen LogP contribution in [0.5, 0.6) is 0 Å². The molecule has 0 saturated heterocycles. The predicted molar refractivity (Wildman–Crippen MR) is 73.6 cm³/mol. The van der Waals surface area contributed by atoms with Gasteiger partial charge in [-0.25, -0.2) is 13.2 Å². The average Bonchev–Trinajstić information content (AvgIpc) is 2.68. The summed E-state index contributed by atoms with van der Waals surface area (Å²) in [6.07, 6.45) is 1.49. The Bertz CT molecular complexity index is 564. The van der Waals surface area contributed by atoms with E-state index in [0.717, 1.165) is 17.4 Å². The van der Waals surface area contributed by atoms with Crippen molar-refractivity contribution >= 4 is 43.3 Å². The molecule has 18 heavy (non-hydrogen) atoms. The number of aromatic carboxylic acids is 1. The molecule has 1 rings (SSSR count). The highest BCUT2D eigenvalue weighted by Crippen LogP contribution is 2.33. The van der Waals surface area contributed by atoms with E-state index in [9.17, 15) is 13.2 Å². The van der Waals surface area contributed by atoms with Crippen molar-refractivity contribution in [2.45, 2.75) is 11.8 Å². The molecule has 0 aliphatic carbocycles. The number of hydrogen-bond donors (Lipinski definition) is 1. The molecule has 0 fully saturated rings. The number of hydrogen-bond acceptors (Lipinski definition) is 4. The van der Waals surface area contributed by atoms with Crippen molar-refractivity contribution < 1.29 is 18.3 Å². The van der Waals surface area contributed by atoms with Crippen molar-refractivity contribution in [1.29, 1.82) is 0 Å². The standard InChI is InChI=1S/C10H12BrNO4S2/c1-3-5-12(4-2)18(15,16)8-6-7(10(13)14)17-9(8)11/h3,6H,1,4-5H2,2H3,(H,13,14). The Hall–Kier alpha value is -0.700. The molecule has 0 amide bonds. The lowest BCUT2D eigenvalue weighted by molar-refractivity contribution is 0.0702. The molecule has 0 aliphatic rings. The Morgan fingerprint density at radius 2 is 2.28 bits per heavy atom. The van der Waals surface area contributed by atoms with E-state index >= 15 is 0 Å². The maximum absolute atomic E-state index is 12.3. The predicted octanol–water partition coefficient (Wildman–Crippen LogP) is 2.41. The van der Waals surface area contributed by atoms with Gasteiger partial charge in [0.25, 0.3) is 0 Å². The Morgan fingerprint density at radius 3 is 2.67 bits per heavy atom. The molecule has 0 bridgehead atoms. The van der Waals surface area contributed by atoms with Crippen LogP contribution in [0, 0.1) is 0 Å². The molecule has 100 valence electrons. The number of carboxylic acid groups (broad SMARTS) is 1. The van der Waals surface area contributed by atoms with Crippen LogP contribution in [0.1, 0.15) is 16.6 Å². The number of likely N-dealkylation sites (N-methyl/N-ethyl adjacent to an activating group) is 1. The minimum atomic E-state index is -3.69. The summed E-state index contributed by atoms with van der Waals surface area (Å²) in [6, 6.07) is 1.16. The highest BCUT2D eigenvalue weighted by atomic mass is 79.9. The lowest BCUT2D eigenvalue weighted by Crippen LogP contribution is -2.30. The van der Waals surface area contributed by atoms with Gasteiger partial charge in [0.05, 0.1) is 3.79 Å². The number of sulfonamides is 1. The third-order valence-electron chi connectivity index (χ3n) is 2.17. The third kappa shape index (κ3) is 3.00. The van der Waals surface area contributed by atoms with Gasteiger partial charge in [-0.15, -0.1) is 17.9 Å². The van der Waals surface area contributed by atoms with Crippen LogP contribution in [0.2, 0.25) is 0 Å². The van der Waals surface area contributed by atoms with Gasteiger partial charge in [-0.3, -0.25) is 0 Å². The third-order valence-corrected chi connectivity index (χ3v) is 6.35. The van der Waals surface area contributed by atoms with Crippen molar-refractivity contribution in [2.24, 2.45) is 0 Å². The second-order valence-electron chi connectivity index (χ2n) is 3.30. The summed E-state index contributed by atoms with van der Waals surface area (Å²) in [5, 5.41) is 8.85. The van der Waals surface area contributed by atoms with Gasteiger partial charge in [-0.1, -0.05) is 13.0 Å². The van der Waals surface area contributed by atoms with E-state index in [1.165, 1.54) is 10.4 Å². The lowest BCUT2D eigenvalue weighted by Gasteiger charge is -2.17. The summed E-state index contributed by atoms with van der Waals surface area (Å²) >= 11 is 3.97. The Balaban J connectivity index is 3.27. The Kier molecular flexibility index (Phi) is 5.09. The molecule has 1 aromatic heterocycles. The normalized spacial score (nSPS) is 11.7. The molecule has 1 heterocycles. The Morgan fingerprint density at radius 1 is 1.67 bits per heavy atom. The number of thiophene rings is 1. The van der Waals surface area contributed by atoms with Gasteiger partial charge in [-0.2, -0.15) is 4.31 Å². The molecule has 0 radical (unpaired) electrons. The molecule has 1 N–H and O–H groups in total. The average molecular weight is 354 g/mol. The molecule has 0 unspecified atom stereocenters. The van der Waals surface area contributed by atoms with Crippen LogP contribution >= 0.6 is 27.3 Å². The van der Waals surface area contributed by atoms with Crippen molar-refractivity contribution in [2.75, 3.05) is 13.1 Å². The zero-order valence-electron chi connectivity index (χ0n) is 9.59. The number of carboxylic acids is 1. The minimum Gasteiger partial charge on any atom is -0.477 e. The molecule has 0 aromatic carbocycles. The fourth-order valence-corrected chi connectivity index (χ4v) is 5.09. The SMILES string of the molecule is C=CCN(CC)S(=O)(=O)c1cc(C(=O)O)sc1Br. The molecule has 5 nitrogen and oxygen atoms in total. The summed E-state index contributed by atoms with van der Waals surface area (Å²) < 4.78 is 26.1. The molecule has 0 atom stereocenters. The van der Waals surface area contributed by atoms with E-state index in [4.69, 9.17) is 5.11 Å². The van der Waals surface area contributed by atoms with Crippen LogP contribution in [-0.2, 0) is 10.0 Å². The van der Waals surface area contributed by atoms with Crippen LogP contribution in [0.15, 0.2) is 27.4 Å². The lowest BCUT2D eigenvalue weighted by atomic mass is 10.5. The van der Waals surface area contributed by atoms with Crippen LogP contribution in [-0.4, -0.2) is 36.9 Å². The maximum atomic E-state index is 12.3. The first-order chi connectivity index (χ1) is 8.34. The molecule has 1 aromatic rings. The zero-order valence-corrected chi connectivity index (χ0v) is 12.8. The van der Waals surface area contributed by atoms with Crippen molar-refractivity contribution in [1.82, 2.24) is 4.31 Å². The Labute approximate surface area is 118 Å². The van der Waals surface area contributed by atoms with Crippen LogP contribution in [0.25, 0.3) is 0 Å². The fraction of sp³-hybridized carbons (Fsp3) is 0.300. The van der Waals surface area contributed by atoms with E-state index in [-0.39, 0.29) is 16.3 Å². The zero-order chi connectivity index (χ0) is 13.9. The smallest absolute Gasteiger partial charge is 0.345 e. The van der Waals surface area contributed by atoms with E-state index in [2.05, 4.69) is 22.5 Å².